The number of aliphatic hydroxyl groups is 1. The van der Waals surface area contributed by atoms with Crippen LogP contribution in [0.5, 0.6) is 0 Å². The Morgan fingerprint density at radius 2 is 2.00 bits per heavy atom. The second-order valence-corrected chi connectivity index (χ2v) is 7.10. The summed E-state index contributed by atoms with van der Waals surface area (Å²) in [5, 5.41) is 10.9. The maximum Gasteiger partial charge on any atom is 0.116 e. The van der Waals surface area contributed by atoms with Gasteiger partial charge in [0.25, 0.3) is 0 Å². The molecule has 2 rings (SSSR count). The van der Waals surface area contributed by atoms with E-state index in [4.69, 9.17) is 11.6 Å². The van der Waals surface area contributed by atoms with Crippen molar-refractivity contribution >= 4 is 54.8 Å². The maximum atomic E-state index is 10.3. The van der Waals surface area contributed by atoms with Gasteiger partial charge in [0.05, 0.1) is 4.88 Å². The molecule has 0 aliphatic carbocycles. The molecule has 2 aromatic rings. The lowest BCUT2D eigenvalue weighted by atomic mass is 10.1. The van der Waals surface area contributed by atoms with Crippen LogP contribution in [0.3, 0.4) is 0 Å². The largest absolute Gasteiger partial charge is 0.383 e. The highest BCUT2D eigenvalue weighted by molar-refractivity contribution is 9.10. The van der Waals surface area contributed by atoms with Crippen LogP contribution in [0.2, 0.25) is 5.02 Å². The zero-order valence-electron chi connectivity index (χ0n) is 8.88. The summed E-state index contributed by atoms with van der Waals surface area (Å²) in [6.07, 6.45) is -0.691. The molecule has 1 aromatic carbocycles. The summed E-state index contributed by atoms with van der Waals surface area (Å²) >= 11 is 14.5. The molecule has 0 saturated heterocycles. The first-order chi connectivity index (χ1) is 7.99. The van der Waals surface area contributed by atoms with Gasteiger partial charge in [-0.3, -0.25) is 0 Å². The molecule has 1 aromatic heterocycles. The number of halogens is 3. The van der Waals surface area contributed by atoms with Gasteiger partial charge in [-0.15, -0.1) is 11.3 Å². The number of hydrogen-bond donors (Lipinski definition) is 1. The minimum Gasteiger partial charge on any atom is -0.383 e. The number of aliphatic hydroxyl groups excluding tert-OH is 1. The van der Waals surface area contributed by atoms with Gasteiger partial charge < -0.3 is 5.11 Å². The quantitative estimate of drug-likeness (QED) is 0.729. The first kappa shape index (κ1) is 13.6. The summed E-state index contributed by atoms with van der Waals surface area (Å²) in [5.41, 5.74) is 0.720. The molecule has 0 bridgehead atoms. The normalized spacial score (nSPS) is 12.8. The standard InChI is InChI=1S/C12H9Br2ClOS/c1-6-4-9(14)12(17-6)11(16)8-3-2-7(13)5-10(8)15/h2-5,11,16H,1H3. The average Bonchev–Trinajstić information content (AvgIpc) is 2.57. The third-order valence-corrected chi connectivity index (χ3v) is 5.18. The Labute approximate surface area is 126 Å². The van der Waals surface area contributed by atoms with Crippen LogP contribution in [0.25, 0.3) is 0 Å². The molecule has 0 saturated carbocycles. The van der Waals surface area contributed by atoms with Crippen LogP contribution in [0, 0.1) is 6.92 Å². The molecule has 17 heavy (non-hydrogen) atoms. The SMILES string of the molecule is Cc1cc(Br)c(C(O)c2ccc(Br)cc2Cl)s1. The Bertz CT molecular complexity index is 553. The van der Waals surface area contributed by atoms with Crippen molar-refractivity contribution in [1.29, 1.82) is 0 Å². The van der Waals surface area contributed by atoms with Crippen molar-refractivity contribution in [3.8, 4) is 0 Å². The molecule has 0 spiro atoms. The van der Waals surface area contributed by atoms with Crippen LogP contribution < -0.4 is 0 Å². The van der Waals surface area contributed by atoms with E-state index in [0.29, 0.717) is 5.02 Å². The van der Waals surface area contributed by atoms with Crippen molar-refractivity contribution in [2.75, 3.05) is 0 Å². The maximum absolute atomic E-state index is 10.3. The van der Waals surface area contributed by atoms with Gasteiger partial charge in [-0.05, 0) is 41.1 Å². The van der Waals surface area contributed by atoms with Crippen molar-refractivity contribution in [3.63, 3.8) is 0 Å². The Hall–Kier alpha value is 0.130. The Balaban J connectivity index is 2.43. The molecule has 1 atom stereocenters. The molecule has 0 amide bonds. The molecule has 5 heteroatoms. The highest BCUT2D eigenvalue weighted by Crippen LogP contribution is 2.38. The van der Waals surface area contributed by atoms with E-state index in [1.807, 2.05) is 25.1 Å². The third kappa shape index (κ3) is 2.93. The van der Waals surface area contributed by atoms with E-state index < -0.39 is 6.10 Å². The molecular formula is C12H9Br2ClOS. The summed E-state index contributed by atoms with van der Waals surface area (Å²) in [7, 11) is 0. The first-order valence-electron chi connectivity index (χ1n) is 4.88. The van der Waals surface area contributed by atoms with Crippen molar-refractivity contribution < 1.29 is 5.11 Å². The zero-order chi connectivity index (χ0) is 12.6. The minimum atomic E-state index is -0.691. The summed E-state index contributed by atoms with van der Waals surface area (Å²) in [5.74, 6) is 0. The highest BCUT2D eigenvalue weighted by Gasteiger charge is 2.18. The number of benzene rings is 1. The molecule has 1 unspecified atom stereocenters. The summed E-state index contributed by atoms with van der Waals surface area (Å²) in [6.45, 7) is 2.01. The average molecular weight is 397 g/mol. The van der Waals surface area contributed by atoms with Gasteiger partial charge in [-0.1, -0.05) is 33.6 Å². The van der Waals surface area contributed by atoms with E-state index in [9.17, 15) is 5.11 Å². The van der Waals surface area contributed by atoms with Gasteiger partial charge in [0, 0.05) is 24.4 Å². The third-order valence-electron chi connectivity index (χ3n) is 2.34. The van der Waals surface area contributed by atoms with Gasteiger partial charge in [0.1, 0.15) is 6.10 Å². The van der Waals surface area contributed by atoms with Crippen molar-refractivity contribution in [3.05, 3.63) is 53.6 Å². The van der Waals surface area contributed by atoms with Gasteiger partial charge >= 0.3 is 0 Å². The fraction of sp³-hybridized carbons (Fsp3) is 0.167. The van der Waals surface area contributed by atoms with E-state index in [1.165, 1.54) is 0 Å². The van der Waals surface area contributed by atoms with E-state index in [0.717, 1.165) is 24.3 Å². The number of hydrogen-bond acceptors (Lipinski definition) is 2. The van der Waals surface area contributed by atoms with Crippen LogP contribution in [-0.2, 0) is 0 Å². The van der Waals surface area contributed by atoms with Crippen LogP contribution in [0.4, 0.5) is 0 Å². The van der Waals surface area contributed by atoms with E-state index in [-0.39, 0.29) is 0 Å². The van der Waals surface area contributed by atoms with E-state index >= 15 is 0 Å². The smallest absolute Gasteiger partial charge is 0.116 e. The zero-order valence-corrected chi connectivity index (χ0v) is 13.6. The topological polar surface area (TPSA) is 20.2 Å². The highest BCUT2D eigenvalue weighted by atomic mass is 79.9. The van der Waals surface area contributed by atoms with Crippen molar-refractivity contribution in [1.82, 2.24) is 0 Å². The van der Waals surface area contributed by atoms with Crippen LogP contribution in [-0.4, -0.2) is 5.11 Å². The predicted molar refractivity (Wildman–Crippen MR) is 80.0 cm³/mol. The lowest BCUT2D eigenvalue weighted by Gasteiger charge is -2.12. The van der Waals surface area contributed by atoms with Crippen molar-refractivity contribution in [2.24, 2.45) is 0 Å². The molecule has 1 heterocycles. The number of thiophene rings is 1. The number of aryl methyl sites for hydroxylation is 1. The van der Waals surface area contributed by atoms with Crippen molar-refractivity contribution in [2.45, 2.75) is 13.0 Å². The van der Waals surface area contributed by atoms with E-state index in [1.54, 1.807) is 17.4 Å². The van der Waals surface area contributed by atoms with Gasteiger partial charge in [-0.2, -0.15) is 0 Å². The molecule has 0 fully saturated rings. The molecule has 90 valence electrons. The molecule has 0 radical (unpaired) electrons. The second kappa shape index (κ2) is 5.41. The lowest BCUT2D eigenvalue weighted by Crippen LogP contribution is -1.98. The van der Waals surface area contributed by atoms with Gasteiger partial charge in [0.2, 0.25) is 0 Å². The predicted octanol–water partition coefficient (Wildman–Crippen LogP) is 5.32. The molecule has 0 aliphatic heterocycles. The first-order valence-corrected chi connectivity index (χ1v) is 7.66. The Kier molecular flexibility index (Phi) is 4.31. The molecular weight excluding hydrogens is 387 g/mol. The summed E-state index contributed by atoms with van der Waals surface area (Å²) in [4.78, 5) is 2.03. The monoisotopic (exact) mass is 394 g/mol. The lowest BCUT2D eigenvalue weighted by molar-refractivity contribution is 0.223. The molecule has 0 aliphatic rings. The fourth-order valence-electron chi connectivity index (χ4n) is 1.55. The van der Waals surface area contributed by atoms with Gasteiger partial charge in [-0.25, -0.2) is 0 Å². The molecule has 1 N–H and O–H groups in total. The van der Waals surface area contributed by atoms with E-state index in [2.05, 4.69) is 31.9 Å². The fourth-order valence-corrected chi connectivity index (χ4v) is 4.20. The van der Waals surface area contributed by atoms with Crippen LogP contribution >= 0.6 is 54.8 Å². The minimum absolute atomic E-state index is 0.560. The summed E-state index contributed by atoms with van der Waals surface area (Å²) < 4.78 is 1.83. The van der Waals surface area contributed by atoms with Crippen LogP contribution in [0.1, 0.15) is 21.4 Å². The number of rotatable bonds is 2. The Morgan fingerprint density at radius 1 is 1.29 bits per heavy atom. The second-order valence-electron chi connectivity index (χ2n) is 3.64. The molecule has 1 nitrogen and oxygen atoms in total. The van der Waals surface area contributed by atoms with Crippen LogP contribution in [0.15, 0.2) is 33.2 Å². The Morgan fingerprint density at radius 3 is 2.53 bits per heavy atom. The summed E-state index contributed by atoms with van der Waals surface area (Å²) in [6, 6.07) is 7.49. The van der Waals surface area contributed by atoms with Gasteiger partial charge in [0.15, 0.2) is 0 Å².